The van der Waals surface area contributed by atoms with E-state index in [4.69, 9.17) is 14.2 Å². The predicted octanol–water partition coefficient (Wildman–Crippen LogP) is 5.47. The lowest BCUT2D eigenvalue weighted by Crippen LogP contribution is -2.41. The van der Waals surface area contributed by atoms with Crippen molar-refractivity contribution in [1.29, 1.82) is 0 Å². The van der Waals surface area contributed by atoms with Crippen LogP contribution in [-0.2, 0) is 19.7 Å². The molecule has 4 nitrogen and oxygen atoms in total. The van der Waals surface area contributed by atoms with Gasteiger partial charge in [-0.2, -0.15) is 0 Å². The minimum Gasteiger partial charge on any atom is -0.493 e. The summed E-state index contributed by atoms with van der Waals surface area (Å²) in [7, 11) is 1.42. The summed E-state index contributed by atoms with van der Waals surface area (Å²) in [6.45, 7) is 1.25. The number of hydrogen-bond acceptors (Lipinski definition) is 4. The number of esters is 1. The Bertz CT molecular complexity index is 911. The number of fused-ring (bicyclic) bond motifs is 2. The molecule has 0 spiro atoms. The van der Waals surface area contributed by atoms with Crippen molar-refractivity contribution in [2.45, 2.75) is 43.6 Å². The van der Waals surface area contributed by atoms with Crippen molar-refractivity contribution in [3.05, 3.63) is 78.1 Å². The van der Waals surface area contributed by atoms with Gasteiger partial charge in [0.25, 0.3) is 0 Å². The highest BCUT2D eigenvalue weighted by molar-refractivity contribution is 5.69. The lowest BCUT2D eigenvalue weighted by molar-refractivity contribution is -0.140. The van der Waals surface area contributed by atoms with E-state index < -0.39 is 0 Å². The molecule has 4 rings (SSSR count). The first-order valence-electron chi connectivity index (χ1n) is 11.4. The van der Waals surface area contributed by atoms with E-state index in [-0.39, 0.29) is 29.2 Å². The van der Waals surface area contributed by atoms with Gasteiger partial charge in [0.05, 0.1) is 26.4 Å². The Morgan fingerprint density at radius 1 is 1.16 bits per heavy atom. The molecule has 5 heteroatoms. The van der Waals surface area contributed by atoms with Crippen molar-refractivity contribution in [2.75, 3.05) is 20.3 Å². The highest BCUT2D eigenvalue weighted by atomic mass is 19.1. The molecule has 0 radical (unpaired) electrons. The zero-order chi connectivity index (χ0) is 22.4. The minimum absolute atomic E-state index is 0.126. The van der Waals surface area contributed by atoms with Gasteiger partial charge in [0.15, 0.2) is 0 Å². The third kappa shape index (κ3) is 4.88. The summed E-state index contributed by atoms with van der Waals surface area (Å²) in [4.78, 5) is 11.3. The van der Waals surface area contributed by atoms with E-state index in [2.05, 4.69) is 12.2 Å². The van der Waals surface area contributed by atoms with Crippen LogP contribution in [0.3, 0.4) is 0 Å². The van der Waals surface area contributed by atoms with Gasteiger partial charge in [0.2, 0.25) is 0 Å². The maximum atomic E-state index is 13.6. The quantitative estimate of drug-likeness (QED) is 0.280. The van der Waals surface area contributed by atoms with Crippen LogP contribution in [0.2, 0.25) is 0 Å². The molecule has 2 aromatic carbocycles. The van der Waals surface area contributed by atoms with E-state index in [1.807, 2.05) is 42.5 Å². The normalized spacial score (nSPS) is 26.5. The fraction of sp³-hybridized carbons (Fsp3) is 0.444. The van der Waals surface area contributed by atoms with Crippen LogP contribution in [0, 0.1) is 17.7 Å². The Balaban J connectivity index is 1.48. The van der Waals surface area contributed by atoms with Crippen LogP contribution in [0.1, 0.15) is 37.7 Å². The summed E-state index contributed by atoms with van der Waals surface area (Å²) >= 11 is 0. The maximum absolute atomic E-state index is 13.6. The molecule has 170 valence electrons. The summed E-state index contributed by atoms with van der Waals surface area (Å²) in [5.41, 5.74) is 1.02. The summed E-state index contributed by atoms with van der Waals surface area (Å²) in [5, 5.41) is 0. The van der Waals surface area contributed by atoms with Crippen LogP contribution in [0.4, 0.5) is 4.39 Å². The number of carbonyl (C=O) groups excluding carboxylic acids is 1. The molecular weight excluding hydrogens is 407 g/mol. The van der Waals surface area contributed by atoms with Crippen LogP contribution in [0.25, 0.3) is 0 Å². The van der Waals surface area contributed by atoms with Gasteiger partial charge in [-0.15, -0.1) is 0 Å². The van der Waals surface area contributed by atoms with Crippen molar-refractivity contribution in [3.8, 4) is 5.75 Å². The smallest absolute Gasteiger partial charge is 0.305 e. The predicted molar refractivity (Wildman–Crippen MR) is 121 cm³/mol. The molecule has 2 aromatic rings. The van der Waals surface area contributed by atoms with Gasteiger partial charge >= 0.3 is 5.97 Å². The zero-order valence-corrected chi connectivity index (χ0v) is 18.5. The van der Waals surface area contributed by atoms with Crippen molar-refractivity contribution >= 4 is 5.97 Å². The number of halogens is 1. The molecule has 0 N–H and O–H groups in total. The van der Waals surface area contributed by atoms with Gasteiger partial charge in [-0.1, -0.05) is 42.5 Å². The largest absolute Gasteiger partial charge is 0.493 e. The molecule has 1 heterocycles. The molecule has 1 saturated heterocycles. The Hall–Kier alpha value is -2.66. The summed E-state index contributed by atoms with van der Waals surface area (Å²) in [5.74, 6) is 1.07. The average Bonchev–Trinajstić information content (AvgIpc) is 3.39. The molecule has 32 heavy (non-hydrogen) atoms. The maximum Gasteiger partial charge on any atom is 0.305 e. The number of carbonyl (C=O) groups is 1. The van der Waals surface area contributed by atoms with Crippen molar-refractivity contribution in [1.82, 2.24) is 0 Å². The van der Waals surface area contributed by atoms with Crippen LogP contribution in [-0.4, -0.2) is 32.4 Å². The lowest BCUT2D eigenvalue weighted by atomic mass is 9.69. The van der Waals surface area contributed by atoms with Gasteiger partial charge in [-0.3, -0.25) is 4.79 Å². The Morgan fingerprint density at radius 2 is 1.94 bits per heavy atom. The van der Waals surface area contributed by atoms with E-state index in [0.717, 1.165) is 37.0 Å². The first-order valence-corrected chi connectivity index (χ1v) is 11.4. The average molecular weight is 439 g/mol. The number of para-hydroxylation sites is 1. The zero-order valence-electron chi connectivity index (χ0n) is 18.5. The number of benzene rings is 2. The Morgan fingerprint density at radius 3 is 2.69 bits per heavy atom. The standard InChI is InChI=1S/C27H31FO4/c1-30-26(29)12-8-3-2-7-11-24-23(18-31-22-9-5-4-6-10-22)25-17-27(24,19-32-25)20-13-15-21(28)16-14-20/h2,4-7,9-10,13-16,23-25H,3,8,11-12,17-19H2,1H3/b7-2-/t23-,24-,25-,27-/m1/s1. The number of unbranched alkanes of at least 4 members (excludes halogenated alkanes) is 1. The van der Waals surface area contributed by atoms with Crippen molar-refractivity contribution in [3.63, 3.8) is 0 Å². The number of hydrogen-bond donors (Lipinski definition) is 0. The van der Waals surface area contributed by atoms with Crippen LogP contribution in [0.15, 0.2) is 66.7 Å². The summed E-state index contributed by atoms with van der Waals surface area (Å²) in [6, 6.07) is 16.8. The first kappa shape index (κ1) is 22.5. The van der Waals surface area contributed by atoms with E-state index >= 15 is 0 Å². The Labute approximate surface area is 189 Å². The third-order valence-corrected chi connectivity index (χ3v) is 6.97. The van der Waals surface area contributed by atoms with Gasteiger partial charge < -0.3 is 14.2 Å². The molecule has 1 aliphatic carbocycles. The summed E-state index contributed by atoms with van der Waals surface area (Å²) in [6.07, 6.45) is 8.42. The number of rotatable bonds is 10. The molecule has 0 unspecified atom stereocenters. The van der Waals surface area contributed by atoms with Crippen molar-refractivity contribution in [2.24, 2.45) is 11.8 Å². The second-order valence-electron chi connectivity index (χ2n) is 8.79. The first-order chi connectivity index (χ1) is 15.6. The number of ether oxygens (including phenoxy) is 3. The monoisotopic (exact) mass is 438 g/mol. The number of allylic oxidation sites excluding steroid dienone is 2. The van der Waals surface area contributed by atoms with Gasteiger partial charge in [-0.25, -0.2) is 4.39 Å². The molecule has 4 atom stereocenters. The molecule has 2 aliphatic rings. The van der Waals surface area contributed by atoms with E-state index in [1.54, 1.807) is 12.1 Å². The molecule has 0 amide bonds. The van der Waals surface area contributed by atoms with Gasteiger partial charge in [0.1, 0.15) is 11.6 Å². The fourth-order valence-electron chi connectivity index (χ4n) is 5.29. The van der Waals surface area contributed by atoms with Gasteiger partial charge in [0, 0.05) is 17.8 Å². The van der Waals surface area contributed by atoms with Crippen LogP contribution in [0.5, 0.6) is 5.75 Å². The van der Waals surface area contributed by atoms with E-state index in [9.17, 15) is 9.18 Å². The molecule has 1 saturated carbocycles. The molecular formula is C27H31FO4. The lowest BCUT2D eigenvalue weighted by Gasteiger charge is -2.39. The highest BCUT2D eigenvalue weighted by Gasteiger charge is 2.59. The van der Waals surface area contributed by atoms with Crippen LogP contribution < -0.4 is 4.74 Å². The highest BCUT2D eigenvalue weighted by Crippen LogP contribution is 2.56. The third-order valence-electron chi connectivity index (χ3n) is 6.97. The summed E-state index contributed by atoms with van der Waals surface area (Å²) < 4.78 is 30.7. The van der Waals surface area contributed by atoms with Crippen molar-refractivity contribution < 1.29 is 23.4 Å². The minimum atomic E-state index is -0.218. The van der Waals surface area contributed by atoms with E-state index in [1.165, 1.54) is 7.11 Å². The SMILES string of the molecule is COC(=O)CCC/C=C\C[C@@H]1[C@@H](COc2ccccc2)[C@H]2C[C@]1(c1ccc(F)cc1)CO2. The van der Waals surface area contributed by atoms with Crippen LogP contribution >= 0.6 is 0 Å². The van der Waals surface area contributed by atoms with E-state index in [0.29, 0.717) is 25.6 Å². The second-order valence-corrected chi connectivity index (χ2v) is 8.79. The molecule has 2 fully saturated rings. The second kappa shape index (κ2) is 10.3. The number of methoxy groups -OCH3 is 1. The topological polar surface area (TPSA) is 44.8 Å². The fourth-order valence-corrected chi connectivity index (χ4v) is 5.29. The molecule has 1 aliphatic heterocycles. The van der Waals surface area contributed by atoms with Gasteiger partial charge in [-0.05, 0) is 61.4 Å². The molecule has 0 aromatic heterocycles. The molecule has 2 bridgehead atoms. The Kier molecular flexibility index (Phi) is 7.26.